The van der Waals surface area contributed by atoms with Crippen molar-refractivity contribution >= 4 is 5.97 Å². The first kappa shape index (κ1) is 20.2. The molecule has 4 N–H and O–H groups in total. The van der Waals surface area contributed by atoms with Crippen LogP contribution in [0.2, 0.25) is 0 Å². The Morgan fingerprint density at radius 3 is 2.50 bits per heavy atom. The molecule has 0 amide bonds. The van der Waals surface area contributed by atoms with Gasteiger partial charge >= 0.3 is 5.97 Å². The molecule has 0 spiro atoms. The summed E-state index contributed by atoms with van der Waals surface area (Å²) >= 11 is 0. The Labute approximate surface area is 161 Å². The third-order valence-electron chi connectivity index (χ3n) is 4.57. The highest BCUT2D eigenvalue weighted by Gasteiger charge is 2.44. The summed E-state index contributed by atoms with van der Waals surface area (Å²) in [4.78, 5) is 11.8. The van der Waals surface area contributed by atoms with Gasteiger partial charge in [0, 0.05) is 5.56 Å². The number of aliphatic hydroxyl groups is 4. The molecule has 1 fully saturated rings. The van der Waals surface area contributed by atoms with Gasteiger partial charge in [0.05, 0.1) is 19.3 Å². The van der Waals surface area contributed by atoms with E-state index in [1.807, 2.05) is 0 Å². The molecular weight excluding hydrogens is 368 g/mol. The van der Waals surface area contributed by atoms with Crippen molar-refractivity contribution in [3.8, 4) is 16.9 Å². The molecule has 0 aliphatic carbocycles. The zero-order chi connectivity index (χ0) is 20.3. The number of carbonyl (C=O) groups excluding carboxylic acids is 1. The summed E-state index contributed by atoms with van der Waals surface area (Å²) in [7, 11) is 1.30. The minimum absolute atomic E-state index is 0.328. The Bertz CT molecular complexity index is 821. The van der Waals surface area contributed by atoms with E-state index in [9.17, 15) is 25.2 Å². The van der Waals surface area contributed by atoms with E-state index < -0.39 is 43.3 Å². The van der Waals surface area contributed by atoms with Crippen molar-refractivity contribution in [2.24, 2.45) is 0 Å². The molecule has 3 rings (SSSR count). The van der Waals surface area contributed by atoms with Crippen molar-refractivity contribution in [2.75, 3.05) is 13.7 Å². The van der Waals surface area contributed by atoms with Crippen LogP contribution >= 0.6 is 0 Å². The lowest BCUT2D eigenvalue weighted by atomic mass is 9.99. The minimum atomic E-state index is -1.54. The van der Waals surface area contributed by atoms with Gasteiger partial charge in [-0.3, -0.25) is 0 Å². The fourth-order valence-electron chi connectivity index (χ4n) is 3.03. The number of benzene rings is 2. The van der Waals surface area contributed by atoms with E-state index >= 15 is 0 Å². The number of aliphatic hydroxyl groups excluding tert-OH is 4. The number of hydrogen-bond donors (Lipinski definition) is 4. The fourth-order valence-corrected chi connectivity index (χ4v) is 3.03. The van der Waals surface area contributed by atoms with E-state index in [4.69, 9.17) is 14.2 Å². The molecule has 0 bridgehead atoms. The SMILES string of the molecule is COC(=O)c1cccc(-c2ccccc2O[C@@H]2O[C@H](CO)[C@@H](O)[C@H](O)[C@@H]2O)c1. The van der Waals surface area contributed by atoms with Crippen molar-refractivity contribution in [3.05, 3.63) is 54.1 Å². The van der Waals surface area contributed by atoms with Gasteiger partial charge in [0.25, 0.3) is 0 Å². The van der Waals surface area contributed by atoms with E-state index in [-0.39, 0.29) is 0 Å². The first-order valence-electron chi connectivity index (χ1n) is 8.71. The second kappa shape index (κ2) is 8.68. The van der Waals surface area contributed by atoms with Crippen molar-refractivity contribution < 1.29 is 39.4 Å². The van der Waals surface area contributed by atoms with Crippen LogP contribution in [0.5, 0.6) is 5.75 Å². The van der Waals surface area contributed by atoms with Crippen LogP contribution in [-0.2, 0) is 9.47 Å². The van der Waals surface area contributed by atoms with Gasteiger partial charge in [-0.05, 0) is 23.8 Å². The number of para-hydroxylation sites is 1. The van der Waals surface area contributed by atoms with Gasteiger partial charge in [-0.15, -0.1) is 0 Å². The van der Waals surface area contributed by atoms with Crippen LogP contribution in [0.3, 0.4) is 0 Å². The zero-order valence-corrected chi connectivity index (χ0v) is 15.1. The summed E-state index contributed by atoms with van der Waals surface area (Å²) in [6.07, 6.45) is -6.90. The molecule has 28 heavy (non-hydrogen) atoms. The standard InChI is InChI=1S/C20H22O8/c1-26-19(25)12-6-4-5-11(9-12)13-7-2-3-8-14(13)27-20-18(24)17(23)16(22)15(10-21)28-20/h2-9,15-18,20-24H,10H2,1H3/t15-,16-,17+,18+,20-/m1/s1. The summed E-state index contributed by atoms with van der Waals surface area (Å²) in [5, 5.41) is 39.3. The Balaban J connectivity index is 1.90. The molecule has 1 aliphatic rings. The first-order chi connectivity index (χ1) is 13.5. The van der Waals surface area contributed by atoms with E-state index in [1.165, 1.54) is 7.11 Å². The Kier molecular flexibility index (Phi) is 6.28. The summed E-state index contributed by atoms with van der Waals surface area (Å²) in [6.45, 7) is -0.548. The molecule has 0 saturated carbocycles. The van der Waals surface area contributed by atoms with E-state index in [0.717, 1.165) is 0 Å². The van der Waals surface area contributed by atoms with Gasteiger partial charge in [0.2, 0.25) is 6.29 Å². The fraction of sp³-hybridized carbons (Fsp3) is 0.350. The molecule has 8 heteroatoms. The third kappa shape index (κ3) is 4.01. The second-order valence-corrected chi connectivity index (χ2v) is 6.38. The van der Waals surface area contributed by atoms with Crippen LogP contribution in [0.15, 0.2) is 48.5 Å². The number of methoxy groups -OCH3 is 1. The molecule has 5 atom stereocenters. The summed E-state index contributed by atoms with van der Waals surface area (Å²) in [6, 6.07) is 13.6. The van der Waals surface area contributed by atoms with Crippen molar-refractivity contribution in [3.63, 3.8) is 0 Å². The third-order valence-corrected chi connectivity index (χ3v) is 4.57. The lowest BCUT2D eigenvalue weighted by molar-refractivity contribution is -0.277. The smallest absolute Gasteiger partial charge is 0.337 e. The highest BCUT2D eigenvalue weighted by molar-refractivity contribution is 5.91. The molecule has 150 valence electrons. The predicted octanol–water partition coefficient (Wildman–Crippen LogP) is 0.319. The van der Waals surface area contributed by atoms with Gasteiger partial charge in [0.15, 0.2) is 0 Å². The average Bonchev–Trinajstić information content (AvgIpc) is 2.74. The normalized spacial score (nSPS) is 27.2. The topological polar surface area (TPSA) is 126 Å². The average molecular weight is 390 g/mol. The quantitative estimate of drug-likeness (QED) is 0.538. The Hall–Kier alpha value is -2.49. The summed E-state index contributed by atoms with van der Waals surface area (Å²) in [5.74, 6) is -0.150. The highest BCUT2D eigenvalue weighted by atomic mass is 16.7. The second-order valence-electron chi connectivity index (χ2n) is 6.38. The monoisotopic (exact) mass is 390 g/mol. The van der Waals surface area contributed by atoms with Gasteiger partial charge < -0.3 is 34.6 Å². The summed E-state index contributed by atoms with van der Waals surface area (Å²) in [5.41, 5.74) is 1.65. The molecule has 1 aliphatic heterocycles. The largest absolute Gasteiger partial charge is 0.465 e. The van der Waals surface area contributed by atoms with Gasteiger partial charge in [-0.25, -0.2) is 4.79 Å². The molecule has 2 aromatic rings. The van der Waals surface area contributed by atoms with E-state index in [2.05, 4.69) is 0 Å². The summed E-state index contributed by atoms with van der Waals surface area (Å²) < 4.78 is 15.9. The maximum Gasteiger partial charge on any atom is 0.337 e. The molecular formula is C20H22O8. The molecule has 0 aromatic heterocycles. The number of rotatable bonds is 5. The first-order valence-corrected chi connectivity index (χ1v) is 8.71. The number of hydrogen-bond acceptors (Lipinski definition) is 8. The van der Waals surface area contributed by atoms with E-state index in [0.29, 0.717) is 22.4 Å². The molecule has 8 nitrogen and oxygen atoms in total. The van der Waals surface area contributed by atoms with E-state index in [1.54, 1.807) is 48.5 Å². The molecule has 1 saturated heterocycles. The molecule has 1 heterocycles. The van der Waals surface area contributed by atoms with Crippen molar-refractivity contribution in [1.29, 1.82) is 0 Å². The number of carbonyl (C=O) groups is 1. The lowest BCUT2D eigenvalue weighted by Crippen LogP contribution is -2.60. The Morgan fingerprint density at radius 2 is 1.79 bits per heavy atom. The van der Waals surface area contributed by atoms with Crippen LogP contribution in [0.25, 0.3) is 11.1 Å². The molecule has 0 unspecified atom stereocenters. The van der Waals surface area contributed by atoms with Crippen LogP contribution in [-0.4, -0.2) is 70.8 Å². The van der Waals surface area contributed by atoms with Gasteiger partial charge in [-0.2, -0.15) is 0 Å². The predicted molar refractivity (Wildman–Crippen MR) is 97.6 cm³/mol. The molecule has 2 aromatic carbocycles. The maximum atomic E-state index is 11.8. The van der Waals surface area contributed by atoms with Crippen molar-refractivity contribution in [1.82, 2.24) is 0 Å². The van der Waals surface area contributed by atoms with Crippen LogP contribution in [0.4, 0.5) is 0 Å². The van der Waals surface area contributed by atoms with Crippen molar-refractivity contribution in [2.45, 2.75) is 30.7 Å². The van der Waals surface area contributed by atoms with Crippen LogP contribution in [0.1, 0.15) is 10.4 Å². The number of ether oxygens (including phenoxy) is 3. The lowest BCUT2D eigenvalue weighted by Gasteiger charge is -2.39. The maximum absolute atomic E-state index is 11.8. The van der Waals surface area contributed by atoms with Crippen LogP contribution < -0.4 is 4.74 Å². The van der Waals surface area contributed by atoms with Gasteiger partial charge in [0.1, 0.15) is 30.2 Å². The highest BCUT2D eigenvalue weighted by Crippen LogP contribution is 2.33. The Morgan fingerprint density at radius 1 is 1.04 bits per heavy atom. The minimum Gasteiger partial charge on any atom is -0.465 e. The number of esters is 1. The van der Waals surface area contributed by atoms with Crippen LogP contribution in [0, 0.1) is 0 Å². The zero-order valence-electron chi connectivity index (χ0n) is 15.1. The van der Waals surface area contributed by atoms with Gasteiger partial charge in [-0.1, -0.05) is 30.3 Å². The molecule has 0 radical (unpaired) electrons.